The van der Waals surface area contributed by atoms with Crippen molar-refractivity contribution < 1.29 is 0 Å². The maximum Gasteiger partial charge on any atom is 0.223 e. The van der Waals surface area contributed by atoms with E-state index in [4.69, 9.17) is 18.2 Å². The lowest BCUT2D eigenvalue weighted by Gasteiger charge is -2.08. The van der Waals surface area contributed by atoms with E-state index in [9.17, 15) is 0 Å². The van der Waals surface area contributed by atoms with Gasteiger partial charge in [-0.1, -0.05) is 11.6 Å². The van der Waals surface area contributed by atoms with Crippen molar-refractivity contribution in [3.05, 3.63) is 40.8 Å². The molecule has 0 fully saturated rings. The van der Waals surface area contributed by atoms with Gasteiger partial charge in [0.1, 0.15) is 0 Å². The number of halogens is 1. The summed E-state index contributed by atoms with van der Waals surface area (Å²) in [5, 5.41) is 1.95. The number of hydrogen-bond donors (Lipinski definition) is 0. The fourth-order valence-electron chi connectivity index (χ4n) is 1.94. The molecule has 0 N–H and O–H groups in total. The Morgan fingerprint density at radius 1 is 1.44 bits per heavy atom. The highest BCUT2D eigenvalue weighted by atomic mass is 35.5. The van der Waals surface area contributed by atoms with Gasteiger partial charge in [0.25, 0.3) is 0 Å². The number of nitrogens with zero attached hydrogens (tertiary/aromatic N) is 2. The fraction of sp³-hybridized carbons (Fsp3) is 0.357. The van der Waals surface area contributed by atoms with Gasteiger partial charge in [0, 0.05) is 33.1 Å². The molecule has 0 aliphatic rings. The minimum absolute atomic E-state index is 0.420. The molecule has 2 nitrogen and oxygen atoms in total. The van der Waals surface area contributed by atoms with E-state index in [1.807, 2.05) is 12.1 Å². The lowest BCUT2D eigenvalue weighted by molar-refractivity contribution is 0.620. The zero-order valence-electron chi connectivity index (χ0n) is 10.5. The molecule has 1 aromatic carbocycles. The van der Waals surface area contributed by atoms with Crippen LogP contribution in [0.3, 0.4) is 0 Å². The molecule has 0 unspecified atom stereocenters. The summed E-state index contributed by atoms with van der Waals surface area (Å²) in [4.78, 5) is 4.60. The van der Waals surface area contributed by atoms with Gasteiger partial charge in [-0.05, 0) is 32.0 Å². The van der Waals surface area contributed by atoms with Gasteiger partial charge in [0.2, 0.25) is 6.54 Å². The van der Waals surface area contributed by atoms with Gasteiger partial charge in [0.15, 0.2) is 0 Å². The van der Waals surface area contributed by atoms with Gasteiger partial charge in [-0.25, -0.2) is 6.57 Å². The average molecular weight is 279 g/mol. The molecule has 0 saturated heterocycles. The van der Waals surface area contributed by atoms with Gasteiger partial charge >= 0.3 is 0 Å². The zero-order valence-corrected chi connectivity index (χ0v) is 12.1. The summed E-state index contributed by atoms with van der Waals surface area (Å²) >= 11 is 7.80. The van der Waals surface area contributed by atoms with Crippen molar-refractivity contribution in [2.45, 2.75) is 24.8 Å². The highest BCUT2D eigenvalue weighted by Gasteiger charge is 2.11. The van der Waals surface area contributed by atoms with Crippen LogP contribution >= 0.6 is 23.4 Å². The standard InChI is InChI=1S/C14H15ClN2S/c1-10(2)17-9-14(18-7-6-16-3)12-8-11(15)4-5-13(12)17/h4-5,8-10H,6-7H2,1-2H3. The fourth-order valence-corrected chi connectivity index (χ4v) is 3.02. The maximum absolute atomic E-state index is 6.82. The second kappa shape index (κ2) is 5.69. The molecule has 0 atom stereocenters. The van der Waals surface area contributed by atoms with Crippen LogP contribution in [0, 0.1) is 6.57 Å². The van der Waals surface area contributed by atoms with Crippen molar-refractivity contribution in [2.75, 3.05) is 12.3 Å². The van der Waals surface area contributed by atoms with Gasteiger partial charge < -0.3 is 9.41 Å². The number of hydrogen-bond acceptors (Lipinski definition) is 1. The van der Waals surface area contributed by atoms with Crippen LogP contribution in [0.2, 0.25) is 5.02 Å². The van der Waals surface area contributed by atoms with Crippen molar-refractivity contribution in [3.63, 3.8) is 0 Å². The monoisotopic (exact) mass is 278 g/mol. The van der Waals surface area contributed by atoms with Crippen molar-refractivity contribution in [1.29, 1.82) is 0 Å². The quantitative estimate of drug-likeness (QED) is 0.440. The molecule has 2 aromatic rings. The number of benzene rings is 1. The molecule has 94 valence electrons. The summed E-state index contributed by atoms with van der Waals surface area (Å²) < 4.78 is 2.26. The summed E-state index contributed by atoms with van der Waals surface area (Å²) in [5.41, 5.74) is 1.21. The first kappa shape index (κ1) is 13.3. The molecule has 0 aliphatic heterocycles. The van der Waals surface area contributed by atoms with E-state index in [0.29, 0.717) is 12.6 Å². The highest BCUT2D eigenvalue weighted by molar-refractivity contribution is 7.99. The Morgan fingerprint density at radius 3 is 2.89 bits per heavy atom. The number of aromatic nitrogens is 1. The first-order chi connectivity index (χ1) is 8.63. The predicted octanol–water partition coefficient (Wildman–Crippen LogP) is 4.89. The van der Waals surface area contributed by atoms with Crippen LogP contribution in [0.4, 0.5) is 0 Å². The normalized spacial score (nSPS) is 11.1. The minimum atomic E-state index is 0.420. The van der Waals surface area contributed by atoms with E-state index in [2.05, 4.69) is 35.5 Å². The number of thioether (sulfide) groups is 1. The van der Waals surface area contributed by atoms with Gasteiger partial charge in [-0.15, -0.1) is 11.8 Å². The molecule has 18 heavy (non-hydrogen) atoms. The van der Waals surface area contributed by atoms with Crippen LogP contribution < -0.4 is 0 Å². The summed E-state index contributed by atoms with van der Waals surface area (Å²) in [7, 11) is 0. The van der Waals surface area contributed by atoms with E-state index in [0.717, 1.165) is 10.8 Å². The van der Waals surface area contributed by atoms with E-state index in [1.54, 1.807) is 11.8 Å². The molecular formula is C14H15ClN2S. The Hall–Kier alpha value is -1.11. The molecule has 1 aromatic heterocycles. The third-order valence-corrected chi connectivity index (χ3v) is 4.03. The third-order valence-electron chi connectivity index (χ3n) is 2.78. The van der Waals surface area contributed by atoms with Crippen LogP contribution in [-0.4, -0.2) is 16.9 Å². The second-order valence-corrected chi connectivity index (χ2v) is 5.96. The van der Waals surface area contributed by atoms with Crippen molar-refractivity contribution in [2.24, 2.45) is 0 Å². The van der Waals surface area contributed by atoms with Crippen LogP contribution in [0.1, 0.15) is 19.9 Å². The van der Waals surface area contributed by atoms with E-state index < -0.39 is 0 Å². The van der Waals surface area contributed by atoms with Crippen molar-refractivity contribution in [3.8, 4) is 0 Å². The summed E-state index contributed by atoms with van der Waals surface area (Å²) in [6.07, 6.45) is 2.17. The summed E-state index contributed by atoms with van der Waals surface area (Å²) in [6.45, 7) is 11.7. The Balaban J connectivity index is 2.45. The van der Waals surface area contributed by atoms with Crippen molar-refractivity contribution >= 4 is 34.3 Å². The average Bonchev–Trinajstić information content (AvgIpc) is 2.68. The van der Waals surface area contributed by atoms with Crippen LogP contribution in [0.15, 0.2) is 29.3 Å². The van der Waals surface area contributed by atoms with E-state index in [1.165, 1.54) is 15.8 Å². The zero-order chi connectivity index (χ0) is 13.1. The molecular weight excluding hydrogens is 264 g/mol. The Kier molecular flexibility index (Phi) is 4.21. The van der Waals surface area contributed by atoms with Crippen LogP contribution in [0.25, 0.3) is 15.7 Å². The smallest absolute Gasteiger partial charge is 0.223 e. The lowest BCUT2D eigenvalue weighted by Crippen LogP contribution is -1.97. The molecule has 4 heteroatoms. The number of fused-ring (bicyclic) bond motifs is 1. The lowest BCUT2D eigenvalue weighted by atomic mass is 10.2. The molecule has 2 rings (SSSR count). The summed E-state index contributed by atoms with van der Waals surface area (Å²) in [5.74, 6) is 0.827. The van der Waals surface area contributed by atoms with Crippen LogP contribution in [0.5, 0.6) is 0 Å². The first-order valence-electron chi connectivity index (χ1n) is 5.89. The van der Waals surface area contributed by atoms with E-state index in [-0.39, 0.29) is 0 Å². The Morgan fingerprint density at radius 2 is 2.22 bits per heavy atom. The van der Waals surface area contributed by atoms with Crippen LogP contribution in [-0.2, 0) is 0 Å². The molecule has 0 saturated carbocycles. The van der Waals surface area contributed by atoms with E-state index >= 15 is 0 Å². The Labute approximate surface area is 117 Å². The first-order valence-corrected chi connectivity index (χ1v) is 7.26. The van der Waals surface area contributed by atoms with Gasteiger partial charge in [-0.2, -0.15) is 0 Å². The SMILES string of the molecule is [C-]#[N+]CCSc1cn(C(C)C)c2ccc(Cl)cc12. The predicted molar refractivity (Wildman–Crippen MR) is 79.5 cm³/mol. The molecule has 1 heterocycles. The molecule has 0 radical (unpaired) electrons. The topological polar surface area (TPSA) is 9.29 Å². The molecule has 0 spiro atoms. The third kappa shape index (κ3) is 2.66. The minimum Gasteiger partial charge on any atom is -0.344 e. The maximum atomic E-state index is 6.82. The molecule has 0 amide bonds. The highest BCUT2D eigenvalue weighted by Crippen LogP contribution is 2.33. The number of rotatable bonds is 4. The van der Waals surface area contributed by atoms with Gasteiger partial charge in [-0.3, -0.25) is 0 Å². The molecule has 0 bridgehead atoms. The summed E-state index contributed by atoms with van der Waals surface area (Å²) in [6, 6.07) is 6.42. The Bertz CT molecular complexity index is 596. The largest absolute Gasteiger partial charge is 0.344 e. The van der Waals surface area contributed by atoms with Gasteiger partial charge in [0.05, 0.1) is 5.75 Å². The van der Waals surface area contributed by atoms with Crippen molar-refractivity contribution in [1.82, 2.24) is 4.57 Å². The second-order valence-electron chi connectivity index (χ2n) is 4.39. The molecule has 0 aliphatic carbocycles.